The molecule has 0 amide bonds. The normalized spacial score (nSPS) is 35.8. The molecule has 140 valence electrons. The highest BCUT2D eigenvalue weighted by atomic mass is 16.5. The standard InChI is InChI=1S/C21H32O4/c1-13(18(22)24-5)16-15(8-7-14-11-25-19(23)17(14)16)21(4)10-6-9-20(2,3)12-21/h13-14,17H,6-12H2,1-5H3/t13-,14?,17?,21+/m1/s1. The third kappa shape index (κ3) is 3.24. The quantitative estimate of drug-likeness (QED) is 0.564. The number of allylic oxidation sites excluding steroid dienone is 1. The largest absolute Gasteiger partial charge is 0.469 e. The Labute approximate surface area is 151 Å². The molecule has 2 fully saturated rings. The number of cyclic esters (lactones) is 1. The zero-order valence-corrected chi connectivity index (χ0v) is 16.3. The first-order valence-electron chi connectivity index (χ1n) is 9.66. The Kier molecular flexibility index (Phi) is 4.76. The van der Waals surface area contributed by atoms with Gasteiger partial charge in [0, 0.05) is 5.92 Å². The van der Waals surface area contributed by atoms with Crippen LogP contribution in [0.1, 0.15) is 66.2 Å². The van der Waals surface area contributed by atoms with E-state index in [-0.39, 0.29) is 35.1 Å². The minimum Gasteiger partial charge on any atom is -0.469 e. The fourth-order valence-corrected chi connectivity index (χ4v) is 5.79. The highest BCUT2D eigenvalue weighted by Crippen LogP contribution is 2.56. The molecule has 4 heteroatoms. The maximum atomic E-state index is 12.5. The first-order chi connectivity index (χ1) is 11.7. The molecule has 1 saturated heterocycles. The molecule has 1 aliphatic heterocycles. The predicted octanol–water partition coefficient (Wildman–Crippen LogP) is 4.28. The van der Waals surface area contributed by atoms with Gasteiger partial charge in [0.25, 0.3) is 0 Å². The van der Waals surface area contributed by atoms with Crippen LogP contribution in [0.4, 0.5) is 0 Å². The maximum absolute atomic E-state index is 12.5. The van der Waals surface area contributed by atoms with Crippen molar-refractivity contribution >= 4 is 11.9 Å². The van der Waals surface area contributed by atoms with Gasteiger partial charge >= 0.3 is 11.9 Å². The molecular formula is C21H32O4. The predicted molar refractivity (Wildman–Crippen MR) is 95.7 cm³/mol. The van der Waals surface area contributed by atoms with Crippen LogP contribution in [0.15, 0.2) is 11.1 Å². The van der Waals surface area contributed by atoms with Gasteiger partial charge in [0.2, 0.25) is 0 Å². The summed E-state index contributed by atoms with van der Waals surface area (Å²) < 4.78 is 10.4. The number of carbonyl (C=O) groups excluding carboxylic acids is 2. The fraction of sp³-hybridized carbons (Fsp3) is 0.810. The smallest absolute Gasteiger partial charge is 0.313 e. The monoisotopic (exact) mass is 348 g/mol. The Bertz CT molecular complexity index is 603. The Morgan fingerprint density at radius 2 is 2.00 bits per heavy atom. The summed E-state index contributed by atoms with van der Waals surface area (Å²) in [6.07, 6.45) is 6.65. The minimum atomic E-state index is -0.375. The number of rotatable bonds is 3. The van der Waals surface area contributed by atoms with Gasteiger partial charge in [-0.2, -0.15) is 0 Å². The lowest BCUT2D eigenvalue weighted by molar-refractivity contribution is -0.144. The highest BCUT2D eigenvalue weighted by molar-refractivity contribution is 5.83. The molecule has 0 N–H and O–H groups in total. The number of hydrogen-bond donors (Lipinski definition) is 0. The molecule has 1 heterocycles. The second-order valence-electron chi connectivity index (χ2n) is 9.34. The lowest BCUT2D eigenvalue weighted by Crippen LogP contribution is -2.39. The van der Waals surface area contributed by atoms with Gasteiger partial charge in [-0.1, -0.05) is 32.8 Å². The van der Waals surface area contributed by atoms with Gasteiger partial charge in [-0.05, 0) is 55.4 Å². The van der Waals surface area contributed by atoms with E-state index in [0.717, 1.165) is 31.3 Å². The van der Waals surface area contributed by atoms with E-state index in [4.69, 9.17) is 9.47 Å². The van der Waals surface area contributed by atoms with E-state index < -0.39 is 0 Å². The number of ether oxygens (including phenoxy) is 2. The van der Waals surface area contributed by atoms with Gasteiger partial charge in [-0.15, -0.1) is 0 Å². The summed E-state index contributed by atoms with van der Waals surface area (Å²) in [5.74, 6) is -0.795. The van der Waals surface area contributed by atoms with Gasteiger partial charge < -0.3 is 9.47 Å². The molecule has 0 radical (unpaired) electrons. The van der Waals surface area contributed by atoms with Gasteiger partial charge in [0.1, 0.15) is 0 Å². The number of hydrogen-bond acceptors (Lipinski definition) is 4. The SMILES string of the molecule is COC(=O)[C@H](C)C1=C([C@@]2(C)CCCC(C)(C)C2)CCC2COC(=O)C12. The summed E-state index contributed by atoms with van der Waals surface area (Å²) in [7, 11) is 1.43. The first kappa shape index (κ1) is 18.5. The molecule has 0 bridgehead atoms. The number of carbonyl (C=O) groups is 2. The van der Waals surface area contributed by atoms with E-state index in [9.17, 15) is 9.59 Å². The zero-order chi connectivity index (χ0) is 18.4. The summed E-state index contributed by atoms with van der Waals surface area (Å²) in [5, 5.41) is 0. The van der Waals surface area contributed by atoms with Crippen molar-refractivity contribution in [2.45, 2.75) is 66.2 Å². The Hall–Kier alpha value is -1.32. The molecule has 2 aliphatic carbocycles. The summed E-state index contributed by atoms with van der Waals surface area (Å²) in [4.78, 5) is 24.8. The second kappa shape index (κ2) is 6.44. The fourth-order valence-electron chi connectivity index (χ4n) is 5.79. The van der Waals surface area contributed by atoms with Crippen LogP contribution in [0.25, 0.3) is 0 Å². The van der Waals surface area contributed by atoms with Crippen molar-refractivity contribution in [3.8, 4) is 0 Å². The molecule has 4 atom stereocenters. The number of fused-ring (bicyclic) bond motifs is 1. The molecule has 0 aromatic heterocycles. The second-order valence-corrected chi connectivity index (χ2v) is 9.34. The molecule has 4 nitrogen and oxygen atoms in total. The summed E-state index contributed by atoms with van der Waals surface area (Å²) in [6, 6.07) is 0. The van der Waals surface area contributed by atoms with Crippen molar-refractivity contribution in [2.24, 2.45) is 28.6 Å². The van der Waals surface area contributed by atoms with Crippen LogP contribution in [0, 0.1) is 28.6 Å². The van der Waals surface area contributed by atoms with Gasteiger partial charge in [0.15, 0.2) is 0 Å². The molecule has 3 aliphatic rings. The van der Waals surface area contributed by atoms with Crippen LogP contribution >= 0.6 is 0 Å². The third-order valence-electron chi connectivity index (χ3n) is 6.81. The number of methoxy groups -OCH3 is 1. The van der Waals surface area contributed by atoms with Gasteiger partial charge in [-0.3, -0.25) is 9.59 Å². The van der Waals surface area contributed by atoms with Crippen molar-refractivity contribution < 1.29 is 19.1 Å². The molecule has 3 rings (SSSR count). The van der Waals surface area contributed by atoms with Crippen LogP contribution in [0.5, 0.6) is 0 Å². The van der Waals surface area contributed by atoms with Crippen molar-refractivity contribution in [1.29, 1.82) is 0 Å². The first-order valence-corrected chi connectivity index (χ1v) is 9.66. The van der Waals surface area contributed by atoms with Crippen molar-refractivity contribution in [3.05, 3.63) is 11.1 Å². The van der Waals surface area contributed by atoms with Crippen LogP contribution < -0.4 is 0 Å². The summed E-state index contributed by atoms with van der Waals surface area (Å²) in [5.41, 5.74) is 2.73. The Balaban J connectivity index is 2.09. The Morgan fingerprint density at radius 1 is 1.28 bits per heavy atom. The van der Waals surface area contributed by atoms with Crippen molar-refractivity contribution in [3.63, 3.8) is 0 Å². The van der Waals surface area contributed by atoms with Gasteiger partial charge in [0.05, 0.1) is 25.6 Å². The molecular weight excluding hydrogens is 316 g/mol. The third-order valence-corrected chi connectivity index (χ3v) is 6.81. The maximum Gasteiger partial charge on any atom is 0.313 e. The molecule has 0 aromatic rings. The van der Waals surface area contributed by atoms with Crippen LogP contribution in [-0.2, 0) is 19.1 Å². The van der Waals surface area contributed by atoms with E-state index >= 15 is 0 Å². The zero-order valence-electron chi connectivity index (χ0n) is 16.3. The topological polar surface area (TPSA) is 52.6 Å². The summed E-state index contributed by atoms with van der Waals surface area (Å²) >= 11 is 0. The summed E-state index contributed by atoms with van der Waals surface area (Å²) in [6.45, 7) is 9.41. The van der Waals surface area contributed by atoms with E-state index in [1.807, 2.05) is 6.92 Å². The number of esters is 2. The van der Waals surface area contributed by atoms with Crippen LogP contribution in [0.3, 0.4) is 0 Å². The molecule has 25 heavy (non-hydrogen) atoms. The highest BCUT2D eigenvalue weighted by Gasteiger charge is 2.50. The molecule has 0 aromatic carbocycles. The molecule has 1 saturated carbocycles. The van der Waals surface area contributed by atoms with Crippen molar-refractivity contribution in [1.82, 2.24) is 0 Å². The minimum absolute atomic E-state index is 0.0627. The van der Waals surface area contributed by atoms with E-state index in [2.05, 4.69) is 20.8 Å². The lowest BCUT2D eigenvalue weighted by atomic mass is 9.57. The average molecular weight is 348 g/mol. The van der Waals surface area contributed by atoms with Crippen LogP contribution in [-0.4, -0.2) is 25.7 Å². The van der Waals surface area contributed by atoms with Gasteiger partial charge in [-0.25, -0.2) is 0 Å². The van der Waals surface area contributed by atoms with E-state index in [1.165, 1.54) is 25.5 Å². The lowest BCUT2D eigenvalue weighted by Gasteiger charge is -2.47. The van der Waals surface area contributed by atoms with Crippen LogP contribution in [0.2, 0.25) is 0 Å². The molecule has 2 unspecified atom stereocenters. The van der Waals surface area contributed by atoms with Crippen molar-refractivity contribution in [2.75, 3.05) is 13.7 Å². The van der Waals surface area contributed by atoms with E-state index in [0.29, 0.717) is 12.0 Å². The van der Waals surface area contributed by atoms with E-state index in [1.54, 1.807) is 0 Å². The molecule has 0 spiro atoms. The Morgan fingerprint density at radius 3 is 2.64 bits per heavy atom. The average Bonchev–Trinajstić information content (AvgIpc) is 2.93.